The molecule has 0 bridgehead atoms. The Morgan fingerprint density at radius 3 is 2.13 bits per heavy atom. The predicted molar refractivity (Wildman–Crippen MR) is 90.1 cm³/mol. The Labute approximate surface area is 170 Å². The molecule has 2 heterocycles. The SMILES string of the molecule is CC(=O)OCC1O[C@H](OCC2O[C@@H](OC(C)=O)C(O)C(O)[C@@H]2O)C(O)[C@H]2C(O)C12O. The van der Waals surface area contributed by atoms with Gasteiger partial charge in [0, 0.05) is 13.8 Å². The van der Waals surface area contributed by atoms with Crippen LogP contribution in [0.4, 0.5) is 0 Å². The third kappa shape index (κ3) is 4.17. The van der Waals surface area contributed by atoms with E-state index in [1.165, 1.54) is 0 Å². The molecule has 7 unspecified atom stereocenters. The normalized spacial score (nSPS) is 47.9. The van der Waals surface area contributed by atoms with Crippen molar-refractivity contribution in [2.45, 2.75) is 74.8 Å². The van der Waals surface area contributed by atoms with Crippen molar-refractivity contribution in [2.75, 3.05) is 13.2 Å². The van der Waals surface area contributed by atoms with Crippen LogP contribution < -0.4 is 0 Å². The van der Waals surface area contributed by atoms with Crippen LogP contribution in [-0.4, -0.2) is 117 Å². The molecule has 13 heteroatoms. The van der Waals surface area contributed by atoms with Gasteiger partial charge in [-0.15, -0.1) is 0 Å². The lowest BCUT2D eigenvalue weighted by atomic mass is 9.99. The maximum absolute atomic E-state index is 11.1. The van der Waals surface area contributed by atoms with Crippen LogP contribution in [0.5, 0.6) is 0 Å². The Kier molecular flexibility index (Phi) is 6.67. The summed E-state index contributed by atoms with van der Waals surface area (Å²) >= 11 is 0. The fraction of sp³-hybridized carbons (Fsp3) is 0.882. The van der Waals surface area contributed by atoms with E-state index in [9.17, 15) is 40.2 Å². The Hall–Kier alpha value is -1.42. The summed E-state index contributed by atoms with van der Waals surface area (Å²) in [6, 6.07) is 0. The number of aliphatic hydroxyl groups excluding tert-OH is 5. The molecule has 172 valence electrons. The number of rotatable bonds is 6. The first-order valence-electron chi connectivity index (χ1n) is 9.34. The van der Waals surface area contributed by atoms with Gasteiger partial charge >= 0.3 is 11.9 Å². The summed E-state index contributed by atoms with van der Waals surface area (Å²) in [4.78, 5) is 22.2. The molecular formula is C17H26O13. The predicted octanol–water partition coefficient (Wildman–Crippen LogP) is -4.26. The highest BCUT2D eigenvalue weighted by atomic mass is 16.7. The lowest BCUT2D eigenvalue weighted by Crippen LogP contribution is -2.60. The zero-order chi connectivity index (χ0) is 22.4. The van der Waals surface area contributed by atoms with Gasteiger partial charge in [-0.05, 0) is 0 Å². The number of carbonyl (C=O) groups excluding carboxylic acids is 2. The minimum absolute atomic E-state index is 0.395. The van der Waals surface area contributed by atoms with E-state index in [4.69, 9.17) is 23.7 Å². The number of carbonyl (C=O) groups is 2. The van der Waals surface area contributed by atoms with Gasteiger partial charge in [-0.1, -0.05) is 0 Å². The van der Waals surface area contributed by atoms with Crippen molar-refractivity contribution in [2.24, 2.45) is 5.92 Å². The highest BCUT2D eigenvalue weighted by molar-refractivity contribution is 5.66. The van der Waals surface area contributed by atoms with Gasteiger partial charge < -0.3 is 54.3 Å². The molecule has 2 aliphatic heterocycles. The topological polar surface area (TPSA) is 202 Å². The van der Waals surface area contributed by atoms with E-state index in [0.29, 0.717) is 0 Å². The summed E-state index contributed by atoms with van der Waals surface area (Å²) in [5.74, 6) is -2.45. The summed E-state index contributed by atoms with van der Waals surface area (Å²) < 4.78 is 25.7. The van der Waals surface area contributed by atoms with E-state index in [1.807, 2.05) is 0 Å². The quantitative estimate of drug-likeness (QED) is 0.218. The maximum atomic E-state index is 11.1. The third-order valence-corrected chi connectivity index (χ3v) is 5.51. The van der Waals surface area contributed by atoms with Crippen LogP contribution in [0.15, 0.2) is 0 Å². The fourth-order valence-corrected chi connectivity index (χ4v) is 3.80. The van der Waals surface area contributed by atoms with Crippen molar-refractivity contribution >= 4 is 11.9 Å². The summed E-state index contributed by atoms with van der Waals surface area (Å²) in [6.07, 6.45) is -13.2. The largest absolute Gasteiger partial charge is 0.463 e. The molecule has 1 saturated carbocycles. The second-order valence-corrected chi connectivity index (χ2v) is 7.60. The van der Waals surface area contributed by atoms with Crippen LogP contribution in [0.1, 0.15) is 13.8 Å². The zero-order valence-electron chi connectivity index (χ0n) is 16.2. The first-order valence-corrected chi connectivity index (χ1v) is 9.34. The molecule has 3 fully saturated rings. The molecule has 0 aromatic rings. The Morgan fingerprint density at radius 1 is 0.867 bits per heavy atom. The van der Waals surface area contributed by atoms with Crippen molar-refractivity contribution in [3.63, 3.8) is 0 Å². The highest BCUT2D eigenvalue weighted by Crippen LogP contribution is 2.54. The highest BCUT2D eigenvalue weighted by Gasteiger charge is 2.75. The molecule has 11 atom stereocenters. The van der Waals surface area contributed by atoms with Gasteiger partial charge in [0.05, 0.1) is 18.6 Å². The minimum Gasteiger partial charge on any atom is -0.463 e. The number of hydrogen-bond acceptors (Lipinski definition) is 13. The molecule has 30 heavy (non-hydrogen) atoms. The first kappa shape index (κ1) is 23.2. The molecule has 3 aliphatic rings. The lowest BCUT2D eigenvalue weighted by molar-refractivity contribution is -0.316. The summed E-state index contributed by atoms with van der Waals surface area (Å²) in [5.41, 5.74) is -1.81. The summed E-state index contributed by atoms with van der Waals surface area (Å²) in [6.45, 7) is 1.34. The number of ether oxygens (including phenoxy) is 5. The lowest BCUT2D eigenvalue weighted by Gasteiger charge is -2.41. The van der Waals surface area contributed by atoms with Crippen LogP contribution in [0.2, 0.25) is 0 Å². The van der Waals surface area contributed by atoms with Crippen LogP contribution in [-0.2, 0) is 33.3 Å². The van der Waals surface area contributed by atoms with Crippen molar-refractivity contribution in [3.05, 3.63) is 0 Å². The van der Waals surface area contributed by atoms with E-state index in [2.05, 4.69) is 0 Å². The molecule has 13 nitrogen and oxygen atoms in total. The molecule has 0 amide bonds. The van der Waals surface area contributed by atoms with Crippen molar-refractivity contribution in [1.29, 1.82) is 0 Å². The second-order valence-electron chi connectivity index (χ2n) is 7.60. The Balaban J connectivity index is 1.63. The number of aliphatic hydroxyl groups is 6. The molecule has 6 N–H and O–H groups in total. The molecule has 3 rings (SSSR count). The van der Waals surface area contributed by atoms with Crippen molar-refractivity contribution in [1.82, 2.24) is 0 Å². The fourth-order valence-electron chi connectivity index (χ4n) is 3.80. The standard InChI is InChI=1S/C17H26O13/c1-5(18)26-4-8-17(25)9(14(17)24)11(21)15(30-8)27-3-7-10(20)12(22)13(23)16(29-7)28-6(2)19/h7-16,20-25H,3-4H2,1-2H3/t7?,8?,9-,10+,11?,12?,13?,14?,15-,16+,17?/m0/s1. The number of hydrogen-bond donors (Lipinski definition) is 6. The van der Waals surface area contributed by atoms with Gasteiger partial charge in [-0.2, -0.15) is 0 Å². The van der Waals surface area contributed by atoms with Gasteiger partial charge in [0.15, 0.2) is 6.29 Å². The Bertz CT molecular complexity index is 658. The van der Waals surface area contributed by atoms with Gasteiger partial charge in [-0.3, -0.25) is 9.59 Å². The average molecular weight is 438 g/mol. The molecule has 0 radical (unpaired) electrons. The van der Waals surface area contributed by atoms with E-state index in [1.54, 1.807) is 0 Å². The van der Waals surface area contributed by atoms with Crippen LogP contribution in [0.3, 0.4) is 0 Å². The molecule has 1 aliphatic carbocycles. The summed E-state index contributed by atoms with van der Waals surface area (Å²) in [5, 5.41) is 60.7. The van der Waals surface area contributed by atoms with E-state index in [-0.39, 0.29) is 0 Å². The second kappa shape index (κ2) is 8.61. The zero-order valence-corrected chi connectivity index (χ0v) is 16.2. The van der Waals surface area contributed by atoms with Crippen LogP contribution >= 0.6 is 0 Å². The maximum Gasteiger partial charge on any atom is 0.305 e. The molecule has 0 aromatic heterocycles. The van der Waals surface area contributed by atoms with Crippen molar-refractivity contribution in [3.8, 4) is 0 Å². The van der Waals surface area contributed by atoms with E-state index < -0.39 is 92.0 Å². The molecular weight excluding hydrogens is 412 g/mol. The van der Waals surface area contributed by atoms with Crippen molar-refractivity contribution < 1.29 is 63.9 Å². The van der Waals surface area contributed by atoms with Gasteiger partial charge in [0.25, 0.3) is 0 Å². The van der Waals surface area contributed by atoms with Gasteiger partial charge in [-0.25, -0.2) is 0 Å². The van der Waals surface area contributed by atoms with E-state index in [0.717, 1.165) is 13.8 Å². The summed E-state index contributed by atoms with van der Waals surface area (Å²) in [7, 11) is 0. The van der Waals surface area contributed by atoms with Gasteiger partial charge in [0.2, 0.25) is 6.29 Å². The van der Waals surface area contributed by atoms with Crippen LogP contribution in [0.25, 0.3) is 0 Å². The number of esters is 2. The monoisotopic (exact) mass is 438 g/mol. The first-order chi connectivity index (χ1) is 14.0. The molecule has 0 aromatic carbocycles. The van der Waals surface area contributed by atoms with Crippen LogP contribution in [0, 0.1) is 5.92 Å². The number of fused-ring (bicyclic) bond motifs is 1. The van der Waals surface area contributed by atoms with E-state index >= 15 is 0 Å². The average Bonchev–Trinajstić information content (AvgIpc) is 3.23. The smallest absolute Gasteiger partial charge is 0.305 e. The Morgan fingerprint density at radius 2 is 1.53 bits per heavy atom. The molecule has 2 saturated heterocycles. The third-order valence-electron chi connectivity index (χ3n) is 5.51. The van der Waals surface area contributed by atoms with Gasteiger partial charge in [0.1, 0.15) is 48.8 Å². The molecule has 0 spiro atoms. The minimum atomic E-state index is -1.81.